The highest BCUT2D eigenvalue weighted by Crippen LogP contribution is 2.25. The Morgan fingerprint density at radius 2 is 1.86 bits per heavy atom. The molecule has 8 heteroatoms. The van der Waals surface area contributed by atoms with Crippen molar-refractivity contribution in [2.75, 3.05) is 13.7 Å². The molecule has 0 radical (unpaired) electrons. The Bertz CT molecular complexity index is 905. The van der Waals surface area contributed by atoms with Crippen molar-refractivity contribution in [1.29, 1.82) is 0 Å². The molecule has 0 spiro atoms. The predicted molar refractivity (Wildman–Crippen MR) is 109 cm³/mol. The molecule has 29 heavy (non-hydrogen) atoms. The van der Waals surface area contributed by atoms with Gasteiger partial charge in [-0.1, -0.05) is 0 Å². The van der Waals surface area contributed by atoms with E-state index in [1.165, 1.54) is 12.0 Å². The molecule has 0 aliphatic carbocycles. The van der Waals surface area contributed by atoms with Gasteiger partial charge in [-0.2, -0.15) is 0 Å². The number of pyridine rings is 1. The van der Waals surface area contributed by atoms with E-state index in [0.29, 0.717) is 29.1 Å². The van der Waals surface area contributed by atoms with E-state index in [4.69, 9.17) is 4.74 Å². The normalized spacial score (nSPS) is 11.7. The van der Waals surface area contributed by atoms with Crippen LogP contribution in [0.2, 0.25) is 0 Å². The Balaban J connectivity index is 2.43. The van der Waals surface area contributed by atoms with E-state index >= 15 is 0 Å². The summed E-state index contributed by atoms with van der Waals surface area (Å²) in [7, 11) is 3.02. The zero-order valence-electron chi connectivity index (χ0n) is 17.8. The number of nitrogens with zero attached hydrogens (tertiary/aromatic N) is 3. The Morgan fingerprint density at radius 3 is 2.41 bits per heavy atom. The number of ketones is 1. The number of Topliss-reactive ketones (excluding diaryl/α,β-unsaturated/α-hetero) is 1. The van der Waals surface area contributed by atoms with E-state index in [1.54, 1.807) is 56.9 Å². The minimum Gasteiger partial charge on any atom is -0.464 e. The number of ether oxygens (including phenoxy) is 1. The molecule has 1 N–H and O–H groups in total. The molecule has 0 saturated carbocycles. The minimum atomic E-state index is -0.736. The number of esters is 1. The number of rotatable bonds is 7. The quantitative estimate of drug-likeness (QED) is 0.570. The van der Waals surface area contributed by atoms with Gasteiger partial charge in [0.25, 0.3) is 0 Å². The molecular weight excluding hydrogens is 372 g/mol. The summed E-state index contributed by atoms with van der Waals surface area (Å²) in [6.45, 7) is 7.72. The summed E-state index contributed by atoms with van der Waals surface area (Å²) in [5.74, 6) is -0.733. The molecule has 0 aromatic carbocycles. The average Bonchev–Trinajstić information content (AvgIpc) is 2.94. The van der Waals surface area contributed by atoms with Crippen LogP contribution in [0.25, 0.3) is 0 Å². The first-order valence-electron chi connectivity index (χ1n) is 9.46. The van der Waals surface area contributed by atoms with Crippen LogP contribution in [-0.2, 0) is 18.3 Å². The summed E-state index contributed by atoms with van der Waals surface area (Å²) in [4.78, 5) is 43.7. The van der Waals surface area contributed by atoms with Gasteiger partial charge < -0.3 is 19.5 Å². The number of nitrogens with one attached hydrogen (secondary N) is 1. The van der Waals surface area contributed by atoms with Gasteiger partial charge in [0.15, 0.2) is 5.78 Å². The smallest absolute Gasteiger partial charge is 0.354 e. The third-order valence-electron chi connectivity index (χ3n) is 5.09. The summed E-state index contributed by atoms with van der Waals surface area (Å²) < 4.78 is 6.50. The first-order chi connectivity index (χ1) is 13.7. The highest BCUT2D eigenvalue weighted by molar-refractivity contribution is 6.06. The molecule has 2 amide bonds. The monoisotopic (exact) mass is 400 g/mol. The standard InChI is InChI=1S/C21H28N4O4/c1-7-23-21(28)25(12-16-8-10-22-11-9-16)15(4)19(26)17-13(2)18(20(27)29-6)24(5)14(17)3/h8-11,15H,7,12H2,1-6H3,(H,23,28). The largest absolute Gasteiger partial charge is 0.464 e. The molecule has 0 aliphatic heterocycles. The van der Waals surface area contributed by atoms with Crippen LogP contribution in [0.1, 0.15) is 51.5 Å². The fourth-order valence-corrected chi connectivity index (χ4v) is 3.40. The molecular formula is C21H28N4O4. The summed E-state index contributed by atoms with van der Waals surface area (Å²) in [6.07, 6.45) is 3.29. The number of hydrogen-bond acceptors (Lipinski definition) is 5. The summed E-state index contributed by atoms with van der Waals surface area (Å²) >= 11 is 0. The lowest BCUT2D eigenvalue weighted by Gasteiger charge is -2.28. The van der Waals surface area contributed by atoms with Gasteiger partial charge in [0.1, 0.15) is 5.69 Å². The lowest BCUT2D eigenvalue weighted by atomic mass is 9.99. The molecule has 0 saturated heterocycles. The van der Waals surface area contributed by atoms with E-state index in [-0.39, 0.29) is 18.4 Å². The molecule has 2 aromatic rings. The number of aromatic nitrogens is 2. The lowest BCUT2D eigenvalue weighted by molar-refractivity contribution is 0.0588. The van der Waals surface area contributed by atoms with Crippen LogP contribution >= 0.6 is 0 Å². The van der Waals surface area contributed by atoms with E-state index < -0.39 is 12.0 Å². The number of carbonyl (C=O) groups is 3. The fraction of sp³-hybridized carbons (Fsp3) is 0.429. The predicted octanol–water partition coefficient (Wildman–Crippen LogP) is 2.63. The van der Waals surface area contributed by atoms with Crippen molar-refractivity contribution >= 4 is 17.8 Å². The molecule has 1 atom stereocenters. The van der Waals surface area contributed by atoms with Crippen LogP contribution in [0.5, 0.6) is 0 Å². The van der Waals surface area contributed by atoms with E-state index in [9.17, 15) is 14.4 Å². The first-order valence-corrected chi connectivity index (χ1v) is 9.46. The maximum absolute atomic E-state index is 13.4. The second-order valence-electron chi connectivity index (χ2n) is 6.84. The maximum atomic E-state index is 13.4. The highest BCUT2D eigenvalue weighted by atomic mass is 16.5. The minimum absolute atomic E-state index is 0.230. The molecule has 8 nitrogen and oxygen atoms in total. The fourth-order valence-electron chi connectivity index (χ4n) is 3.40. The average molecular weight is 400 g/mol. The van der Waals surface area contributed by atoms with Crippen molar-refractivity contribution in [3.63, 3.8) is 0 Å². The second kappa shape index (κ2) is 9.36. The van der Waals surface area contributed by atoms with E-state index in [0.717, 1.165) is 5.56 Å². The van der Waals surface area contributed by atoms with Crippen molar-refractivity contribution in [3.8, 4) is 0 Å². The third-order valence-corrected chi connectivity index (χ3v) is 5.09. The van der Waals surface area contributed by atoms with Gasteiger partial charge in [-0.25, -0.2) is 9.59 Å². The topological polar surface area (TPSA) is 93.5 Å². The number of hydrogen-bond donors (Lipinski definition) is 1. The number of methoxy groups -OCH3 is 1. The number of amides is 2. The first kappa shape index (κ1) is 22.1. The third kappa shape index (κ3) is 4.47. The molecule has 0 aliphatic rings. The summed E-state index contributed by atoms with van der Waals surface area (Å²) in [5.41, 5.74) is 2.83. The Morgan fingerprint density at radius 1 is 1.24 bits per heavy atom. The number of urea groups is 1. The van der Waals surface area contributed by atoms with Crippen LogP contribution < -0.4 is 5.32 Å². The molecule has 2 aromatic heterocycles. The summed E-state index contributed by atoms with van der Waals surface area (Å²) in [5, 5.41) is 2.77. The van der Waals surface area contributed by atoms with Crippen LogP contribution in [0.15, 0.2) is 24.5 Å². The molecule has 156 valence electrons. The van der Waals surface area contributed by atoms with Gasteiger partial charge in [0.05, 0.1) is 13.2 Å². The molecule has 0 fully saturated rings. The highest BCUT2D eigenvalue weighted by Gasteiger charge is 2.32. The van der Waals surface area contributed by atoms with E-state index in [2.05, 4.69) is 10.3 Å². The lowest BCUT2D eigenvalue weighted by Crippen LogP contribution is -2.48. The molecule has 1 unspecified atom stereocenters. The van der Waals surface area contributed by atoms with Crippen molar-refractivity contribution in [2.24, 2.45) is 7.05 Å². The van der Waals surface area contributed by atoms with Crippen LogP contribution in [0.4, 0.5) is 4.79 Å². The molecule has 0 bridgehead atoms. The molecule has 2 rings (SSSR count). The zero-order valence-corrected chi connectivity index (χ0v) is 17.8. The maximum Gasteiger partial charge on any atom is 0.354 e. The Labute approximate surface area is 170 Å². The van der Waals surface area contributed by atoms with Crippen molar-refractivity contribution < 1.29 is 19.1 Å². The van der Waals surface area contributed by atoms with Crippen molar-refractivity contribution in [1.82, 2.24) is 19.8 Å². The van der Waals surface area contributed by atoms with Gasteiger partial charge in [-0.3, -0.25) is 9.78 Å². The van der Waals surface area contributed by atoms with E-state index in [1.807, 2.05) is 6.92 Å². The van der Waals surface area contributed by atoms with Gasteiger partial charge in [-0.15, -0.1) is 0 Å². The van der Waals surface area contributed by atoms with Crippen LogP contribution in [-0.4, -0.2) is 51.9 Å². The van der Waals surface area contributed by atoms with Gasteiger partial charge >= 0.3 is 12.0 Å². The van der Waals surface area contributed by atoms with Gasteiger partial charge in [0.2, 0.25) is 0 Å². The summed E-state index contributed by atoms with van der Waals surface area (Å²) in [6, 6.07) is 2.54. The van der Waals surface area contributed by atoms with Crippen LogP contribution in [0, 0.1) is 13.8 Å². The van der Waals surface area contributed by atoms with Crippen molar-refractivity contribution in [2.45, 2.75) is 40.3 Å². The van der Waals surface area contributed by atoms with Gasteiger partial charge in [-0.05, 0) is 51.0 Å². The van der Waals surface area contributed by atoms with Crippen LogP contribution in [0.3, 0.4) is 0 Å². The Hall–Kier alpha value is -3.16. The van der Waals surface area contributed by atoms with Gasteiger partial charge in [0, 0.05) is 43.8 Å². The zero-order chi connectivity index (χ0) is 21.7. The van der Waals surface area contributed by atoms with Crippen molar-refractivity contribution in [3.05, 3.63) is 52.6 Å². The molecule has 2 heterocycles. The Kier molecular flexibility index (Phi) is 7.14. The SMILES string of the molecule is CCNC(=O)N(Cc1ccncc1)C(C)C(=O)c1c(C)c(C(=O)OC)n(C)c1C. The number of carbonyl (C=O) groups excluding carboxylic acids is 3. The second-order valence-corrected chi connectivity index (χ2v) is 6.84.